The van der Waals surface area contributed by atoms with Gasteiger partial charge in [-0.05, 0) is 75.0 Å². The molecule has 9 heteroatoms. The number of methoxy groups -OCH3 is 1. The van der Waals surface area contributed by atoms with E-state index >= 15 is 0 Å². The fourth-order valence-corrected chi connectivity index (χ4v) is 6.64. The van der Waals surface area contributed by atoms with Crippen molar-refractivity contribution in [2.75, 3.05) is 20.2 Å². The molecular weight excluding hydrogens is 544 g/mol. The Morgan fingerprint density at radius 1 is 0.953 bits per heavy atom. The Hall–Kier alpha value is -3.04. The van der Waals surface area contributed by atoms with Gasteiger partial charge in [-0.25, -0.2) is 5.43 Å². The number of nitrogens with one attached hydrogen (secondary N) is 2. The molecule has 2 saturated heterocycles. The van der Waals surface area contributed by atoms with Crippen LogP contribution in [0.4, 0.5) is 0 Å². The van der Waals surface area contributed by atoms with Gasteiger partial charge in [0.1, 0.15) is 17.9 Å². The lowest BCUT2D eigenvalue weighted by atomic mass is 9.84. The van der Waals surface area contributed by atoms with Crippen molar-refractivity contribution in [1.29, 1.82) is 0 Å². The SMILES string of the molecule is CO[C@@H]1CC/C=C/c2cccc(c2)C2CCCCN2C(=O)[C@@H]2CCCN(N2)C(=O)[C@H](C)NC(=O)[C@H](C(C)C)CC(=O)[C@@H]1C. The topological polar surface area (TPSA) is 108 Å². The van der Waals surface area contributed by atoms with Crippen LogP contribution in [0.1, 0.15) is 96.2 Å². The van der Waals surface area contributed by atoms with E-state index in [1.807, 2.05) is 31.7 Å². The average Bonchev–Trinajstić information content (AvgIpc) is 3.02. The van der Waals surface area contributed by atoms with E-state index in [2.05, 4.69) is 41.1 Å². The Morgan fingerprint density at radius 3 is 2.49 bits per heavy atom. The van der Waals surface area contributed by atoms with Crippen LogP contribution in [0.3, 0.4) is 0 Å². The summed E-state index contributed by atoms with van der Waals surface area (Å²) in [4.78, 5) is 56.1. The van der Waals surface area contributed by atoms with Crippen molar-refractivity contribution < 1.29 is 23.9 Å². The number of ketones is 1. The summed E-state index contributed by atoms with van der Waals surface area (Å²) in [5.41, 5.74) is 5.38. The number of nitrogens with zero attached hydrogens (tertiary/aromatic N) is 2. The zero-order chi connectivity index (χ0) is 31.1. The number of hydrogen-bond donors (Lipinski definition) is 2. The number of fused-ring (bicyclic) bond motifs is 6. The molecule has 3 amide bonds. The molecule has 1 aromatic carbocycles. The second kappa shape index (κ2) is 15.1. The number of carbonyl (C=O) groups excluding carboxylic acids is 4. The lowest BCUT2D eigenvalue weighted by molar-refractivity contribution is -0.147. The largest absolute Gasteiger partial charge is 0.381 e. The van der Waals surface area contributed by atoms with E-state index in [0.29, 0.717) is 32.4 Å². The fourth-order valence-electron chi connectivity index (χ4n) is 6.64. The maximum absolute atomic E-state index is 13.9. The van der Waals surface area contributed by atoms with Gasteiger partial charge in [0, 0.05) is 38.5 Å². The number of ether oxygens (including phenoxy) is 1. The maximum atomic E-state index is 13.9. The van der Waals surface area contributed by atoms with E-state index in [-0.39, 0.29) is 53.9 Å². The van der Waals surface area contributed by atoms with Gasteiger partial charge in [-0.3, -0.25) is 24.2 Å². The lowest BCUT2D eigenvalue weighted by Crippen LogP contribution is -2.61. The summed E-state index contributed by atoms with van der Waals surface area (Å²) in [5.74, 6) is -1.61. The van der Waals surface area contributed by atoms with Gasteiger partial charge in [-0.2, -0.15) is 0 Å². The number of allylic oxidation sites excluding steroid dienone is 1. The van der Waals surface area contributed by atoms with Gasteiger partial charge in [0.05, 0.1) is 12.1 Å². The van der Waals surface area contributed by atoms with Gasteiger partial charge in [-0.1, -0.05) is 51.1 Å². The molecule has 4 rings (SSSR count). The van der Waals surface area contributed by atoms with Crippen molar-refractivity contribution >= 4 is 29.6 Å². The smallest absolute Gasteiger partial charge is 0.258 e. The molecule has 43 heavy (non-hydrogen) atoms. The summed E-state index contributed by atoms with van der Waals surface area (Å²) in [7, 11) is 1.63. The van der Waals surface area contributed by atoms with Crippen LogP contribution >= 0.6 is 0 Å². The molecule has 3 aliphatic rings. The number of hydrazine groups is 1. The number of Topliss-reactive ketones (excluding diaryl/α,β-unsaturated/α-hetero) is 1. The fraction of sp³-hybridized carbons (Fsp3) is 0.647. The second-order valence-corrected chi connectivity index (χ2v) is 12.8. The van der Waals surface area contributed by atoms with Crippen LogP contribution in [-0.2, 0) is 23.9 Å². The van der Waals surface area contributed by atoms with Gasteiger partial charge in [-0.15, -0.1) is 0 Å². The van der Waals surface area contributed by atoms with E-state index in [0.717, 1.165) is 36.8 Å². The van der Waals surface area contributed by atoms with E-state index in [9.17, 15) is 19.2 Å². The molecule has 4 bridgehead atoms. The van der Waals surface area contributed by atoms with Crippen LogP contribution in [0.15, 0.2) is 30.3 Å². The van der Waals surface area contributed by atoms with Gasteiger partial charge in [0.15, 0.2) is 0 Å². The summed E-state index contributed by atoms with van der Waals surface area (Å²) in [6, 6.07) is 7.05. The zero-order valence-corrected chi connectivity index (χ0v) is 26.5. The second-order valence-electron chi connectivity index (χ2n) is 12.8. The summed E-state index contributed by atoms with van der Waals surface area (Å²) in [6.07, 6.45) is 9.70. The van der Waals surface area contributed by atoms with Gasteiger partial charge >= 0.3 is 0 Å². The Labute approximate surface area is 256 Å². The standard InChI is InChI=1S/C34H50N4O5/c1-22(2)27-21-30(39)23(3)31(43-5)17-7-6-12-25-13-10-14-26(20-25)29-16-8-9-18-37(29)34(42)28-15-11-19-38(36-28)33(41)24(4)35-32(27)40/h6,10,12-14,20,22-24,27-29,31,36H,7-9,11,15-19,21H2,1-5H3,(H,35,40)/b12-6+/t23-,24-,27-,28-,29?,31+/m0/s1. The van der Waals surface area contributed by atoms with Crippen LogP contribution in [0, 0.1) is 17.8 Å². The van der Waals surface area contributed by atoms with Crippen molar-refractivity contribution in [3.63, 3.8) is 0 Å². The molecule has 0 radical (unpaired) electrons. The number of hydrogen-bond acceptors (Lipinski definition) is 6. The third-order valence-electron chi connectivity index (χ3n) is 9.42. The predicted molar refractivity (Wildman–Crippen MR) is 166 cm³/mol. The molecule has 1 aromatic rings. The Bertz CT molecular complexity index is 1180. The Balaban J connectivity index is 1.63. The quantitative estimate of drug-likeness (QED) is 0.525. The minimum absolute atomic E-state index is 0.0140. The minimum Gasteiger partial charge on any atom is -0.381 e. The highest BCUT2D eigenvalue weighted by Gasteiger charge is 2.37. The summed E-state index contributed by atoms with van der Waals surface area (Å²) in [5, 5.41) is 4.36. The molecule has 236 valence electrons. The molecule has 0 spiro atoms. The predicted octanol–water partition coefficient (Wildman–Crippen LogP) is 4.43. The first-order valence-corrected chi connectivity index (χ1v) is 16.1. The molecule has 3 heterocycles. The number of benzene rings is 1. The van der Waals surface area contributed by atoms with Crippen molar-refractivity contribution in [1.82, 2.24) is 20.7 Å². The molecule has 0 aliphatic carbocycles. The summed E-state index contributed by atoms with van der Waals surface area (Å²) in [6.45, 7) is 8.52. The molecule has 0 saturated carbocycles. The summed E-state index contributed by atoms with van der Waals surface area (Å²) < 4.78 is 5.73. The lowest BCUT2D eigenvalue weighted by Gasteiger charge is -2.41. The molecule has 2 N–H and O–H groups in total. The number of amides is 3. The normalized spacial score (nSPS) is 31.1. The van der Waals surface area contributed by atoms with E-state index < -0.39 is 18.0 Å². The van der Waals surface area contributed by atoms with E-state index in [4.69, 9.17) is 4.74 Å². The van der Waals surface area contributed by atoms with Crippen molar-refractivity contribution in [2.45, 2.75) is 103 Å². The Morgan fingerprint density at radius 2 is 1.74 bits per heavy atom. The zero-order valence-electron chi connectivity index (χ0n) is 26.5. The molecule has 0 aromatic heterocycles. The molecule has 1 unspecified atom stereocenters. The first-order chi connectivity index (χ1) is 20.6. The number of rotatable bonds is 2. The van der Waals surface area contributed by atoms with E-state index in [1.54, 1.807) is 14.0 Å². The molecule has 3 aliphatic heterocycles. The monoisotopic (exact) mass is 594 g/mol. The highest BCUT2D eigenvalue weighted by atomic mass is 16.5. The first kappa shape index (κ1) is 32.9. The van der Waals surface area contributed by atoms with Crippen LogP contribution in [-0.4, -0.2) is 71.8 Å². The third kappa shape index (κ3) is 8.12. The Kier molecular flexibility index (Phi) is 11.5. The van der Waals surface area contributed by atoms with Crippen molar-refractivity contribution in [3.05, 3.63) is 41.5 Å². The third-order valence-corrected chi connectivity index (χ3v) is 9.42. The minimum atomic E-state index is -0.801. The molecule has 6 atom stereocenters. The van der Waals surface area contributed by atoms with E-state index in [1.165, 1.54) is 5.01 Å². The highest BCUT2D eigenvalue weighted by Crippen LogP contribution is 2.33. The van der Waals surface area contributed by atoms with Crippen molar-refractivity contribution in [2.24, 2.45) is 17.8 Å². The van der Waals surface area contributed by atoms with Crippen LogP contribution in [0.25, 0.3) is 6.08 Å². The van der Waals surface area contributed by atoms with Crippen LogP contribution in [0.5, 0.6) is 0 Å². The van der Waals surface area contributed by atoms with Crippen molar-refractivity contribution in [3.8, 4) is 0 Å². The van der Waals surface area contributed by atoms with Gasteiger partial charge < -0.3 is 15.0 Å². The highest BCUT2D eigenvalue weighted by molar-refractivity contribution is 5.92. The molecular formula is C34H50N4O5. The molecule has 9 nitrogen and oxygen atoms in total. The van der Waals surface area contributed by atoms with Crippen LogP contribution in [0.2, 0.25) is 0 Å². The van der Waals surface area contributed by atoms with Crippen LogP contribution < -0.4 is 10.7 Å². The average molecular weight is 595 g/mol. The number of carbonyl (C=O) groups is 4. The van der Waals surface area contributed by atoms with Gasteiger partial charge in [0.2, 0.25) is 11.8 Å². The first-order valence-electron chi connectivity index (χ1n) is 16.1. The molecule has 2 fully saturated rings. The number of piperidine rings is 1. The van der Waals surface area contributed by atoms with Gasteiger partial charge in [0.25, 0.3) is 5.91 Å². The maximum Gasteiger partial charge on any atom is 0.258 e. The summed E-state index contributed by atoms with van der Waals surface area (Å²) >= 11 is 0.